The van der Waals surface area contributed by atoms with Gasteiger partial charge in [0.25, 0.3) is 5.91 Å². The first-order chi connectivity index (χ1) is 16.1. The van der Waals surface area contributed by atoms with Crippen molar-refractivity contribution in [3.63, 3.8) is 0 Å². The van der Waals surface area contributed by atoms with E-state index in [2.05, 4.69) is 34.5 Å². The number of carbonyl (C=O) groups is 3. The average Bonchev–Trinajstić information content (AvgIpc) is 3.16. The Hall–Kier alpha value is -3.23. The molecule has 3 amide bonds. The number of ether oxygens (including phenoxy) is 2. The van der Waals surface area contributed by atoms with Crippen LogP contribution >= 0.6 is 0 Å². The fourth-order valence-electron chi connectivity index (χ4n) is 4.62. The van der Waals surface area contributed by atoms with Gasteiger partial charge in [0, 0.05) is 32.6 Å². The molecule has 33 heavy (non-hydrogen) atoms. The molecule has 3 heterocycles. The van der Waals surface area contributed by atoms with Gasteiger partial charge in [-0.2, -0.15) is 0 Å². The van der Waals surface area contributed by atoms with Gasteiger partial charge in [-0.05, 0) is 29.2 Å². The van der Waals surface area contributed by atoms with E-state index in [1.165, 1.54) is 5.56 Å². The third-order valence-corrected chi connectivity index (χ3v) is 6.44. The van der Waals surface area contributed by atoms with Gasteiger partial charge in [0.1, 0.15) is 18.4 Å². The van der Waals surface area contributed by atoms with Crippen molar-refractivity contribution in [2.24, 2.45) is 0 Å². The van der Waals surface area contributed by atoms with Crippen LogP contribution in [0.1, 0.15) is 39.9 Å². The number of hydrogen-bond donors (Lipinski definition) is 1. The van der Waals surface area contributed by atoms with Crippen molar-refractivity contribution in [3.05, 3.63) is 64.7 Å². The van der Waals surface area contributed by atoms with Gasteiger partial charge in [-0.1, -0.05) is 36.4 Å². The quantitative estimate of drug-likeness (QED) is 0.678. The van der Waals surface area contributed by atoms with Crippen LogP contribution in [0.15, 0.2) is 42.5 Å². The SMILES string of the molecule is O=C1CCC(N2Cc3cccc(OCc4ccc(CN5CCOCC5)cc4)c3C2=O)C(=O)N1. The molecule has 2 aromatic carbocycles. The summed E-state index contributed by atoms with van der Waals surface area (Å²) in [5.41, 5.74) is 3.61. The van der Waals surface area contributed by atoms with E-state index >= 15 is 0 Å². The zero-order valence-electron chi connectivity index (χ0n) is 18.4. The Morgan fingerprint density at radius 3 is 2.52 bits per heavy atom. The van der Waals surface area contributed by atoms with Crippen molar-refractivity contribution in [3.8, 4) is 5.75 Å². The lowest BCUT2D eigenvalue weighted by atomic mass is 10.0. The summed E-state index contributed by atoms with van der Waals surface area (Å²) in [4.78, 5) is 40.8. The lowest BCUT2D eigenvalue weighted by molar-refractivity contribution is -0.136. The van der Waals surface area contributed by atoms with Gasteiger partial charge in [0.15, 0.2) is 0 Å². The lowest BCUT2D eigenvalue weighted by Crippen LogP contribution is -2.52. The van der Waals surface area contributed by atoms with Crippen molar-refractivity contribution in [1.29, 1.82) is 0 Å². The standard InChI is InChI=1S/C25H27N3O5/c29-22-9-8-20(24(30)26-22)28-15-19-2-1-3-21(23(19)25(28)31)33-16-18-6-4-17(5-7-18)14-27-10-12-32-13-11-27/h1-7,20H,8-16H2,(H,26,29,30). The minimum atomic E-state index is -0.630. The molecule has 1 N–H and O–H groups in total. The third kappa shape index (κ3) is 4.62. The van der Waals surface area contributed by atoms with Crippen LogP contribution in [0, 0.1) is 0 Å². The molecular weight excluding hydrogens is 422 g/mol. The average molecular weight is 450 g/mol. The number of amides is 3. The number of piperidine rings is 1. The van der Waals surface area contributed by atoms with Crippen LogP contribution in [0.5, 0.6) is 5.75 Å². The summed E-state index contributed by atoms with van der Waals surface area (Å²) in [5, 5.41) is 2.33. The molecule has 2 saturated heterocycles. The van der Waals surface area contributed by atoms with Crippen LogP contribution in [-0.2, 0) is 34.0 Å². The topological polar surface area (TPSA) is 88.2 Å². The molecule has 3 aliphatic heterocycles. The highest BCUT2D eigenvalue weighted by molar-refractivity contribution is 6.06. The number of morpholine rings is 1. The van der Waals surface area contributed by atoms with Crippen LogP contribution < -0.4 is 10.1 Å². The molecule has 8 heteroatoms. The van der Waals surface area contributed by atoms with Crippen LogP contribution in [-0.4, -0.2) is 59.9 Å². The smallest absolute Gasteiger partial charge is 0.258 e. The Bertz CT molecular complexity index is 1060. The summed E-state index contributed by atoms with van der Waals surface area (Å²) in [6.07, 6.45) is 0.582. The van der Waals surface area contributed by atoms with Crippen molar-refractivity contribution in [2.75, 3.05) is 26.3 Å². The molecule has 0 aromatic heterocycles. The lowest BCUT2D eigenvalue weighted by Gasteiger charge is -2.29. The van der Waals surface area contributed by atoms with E-state index in [0.29, 0.717) is 30.9 Å². The zero-order valence-corrected chi connectivity index (χ0v) is 18.4. The van der Waals surface area contributed by atoms with E-state index < -0.39 is 11.9 Å². The maximum atomic E-state index is 13.2. The Kier molecular flexibility index (Phi) is 6.11. The first-order valence-electron chi connectivity index (χ1n) is 11.4. The number of carbonyl (C=O) groups excluding carboxylic acids is 3. The normalized spacial score (nSPS) is 21.2. The second kappa shape index (κ2) is 9.33. The monoisotopic (exact) mass is 449 g/mol. The maximum absolute atomic E-state index is 13.2. The van der Waals surface area contributed by atoms with Gasteiger partial charge in [-0.15, -0.1) is 0 Å². The Balaban J connectivity index is 1.23. The number of hydrogen-bond acceptors (Lipinski definition) is 6. The number of nitrogens with one attached hydrogen (secondary N) is 1. The summed E-state index contributed by atoms with van der Waals surface area (Å²) in [6.45, 7) is 5.07. The molecule has 1 atom stereocenters. The predicted molar refractivity (Wildman–Crippen MR) is 119 cm³/mol. The summed E-state index contributed by atoms with van der Waals surface area (Å²) < 4.78 is 11.4. The second-order valence-corrected chi connectivity index (χ2v) is 8.68. The summed E-state index contributed by atoms with van der Waals surface area (Å²) in [7, 11) is 0. The molecule has 3 aliphatic rings. The van der Waals surface area contributed by atoms with Gasteiger partial charge in [-0.3, -0.25) is 24.6 Å². The fourth-order valence-corrected chi connectivity index (χ4v) is 4.62. The first kappa shape index (κ1) is 21.6. The highest BCUT2D eigenvalue weighted by Crippen LogP contribution is 2.34. The zero-order chi connectivity index (χ0) is 22.8. The third-order valence-electron chi connectivity index (χ3n) is 6.44. The molecule has 8 nitrogen and oxygen atoms in total. The van der Waals surface area contributed by atoms with Crippen LogP contribution in [0.25, 0.3) is 0 Å². The van der Waals surface area contributed by atoms with Crippen LogP contribution in [0.2, 0.25) is 0 Å². The largest absolute Gasteiger partial charge is 0.488 e. The van der Waals surface area contributed by atoms with Crippen molar-refractivity contribution >= 4 is 17.7 Å². The summed E-state index contributed by atoms with van der Waals surface area (Å²) in [6, 6.07) is 13.2. The van der Waals surface area contributed by atoms with Crippen LogP contribution in [0.3, 0.4) is 0 Å². The number of fused-ring (bicyclic) bond motifs is 1. The molecule has 0 aliphatic carbocycles. The van der Waals surface area contributed by atoms with Gasteiger partial charge < -0.3 is 14.4 Å². The Morgan fingerprint density at radius 2 is 1.76 bits per heavy atom. The van der Waals surface area contributed by atoms with Crippen molar-refractivity contribution < 1.29 is 23.9 Å². The van der Waals surface area contributed by atoms with E-state index in [-0.39, 0.29) is 18.2 Å². The molecule has 2 fully saturated rings. The first-order valence-corrected chi connectivity index (χ1v) is 11.4. The molecule has 172 valence electrons. The molecule has 0 saturated carbocycles. The highest BCUT2D eigenvalue weighted by atomic mass is 16.5. The molecule has 0 bridgehead atoms. The van der Waals surface area contributed by atoms with Gasteiger partial charge in [0.2, 0.25) is 11.8 Å². The summed E-state index contributed by atoms with van der Waals surface area (Å²) in [5.74, 6) is -0.409. The van der Waals surface area contributed by atoms with Gasteiger partial charge in [0.05, 0.1) is 18.8 Å². The van der Waals surface area contributed by atoms with Gasteiger partial charge in [-0.25, -0.2) is 0 Å². The Morgan fingerprint density at radius 1 is 1.00 bits per heavy atom. The molecule has 0 radical (unpaired) electrons. The van der Waals surface area contributed by atoms with E-state index in [0.717, 1.165) is 44.0 Å². The minimum Gasteiger partial charge on any atom is -0.488 e. The molecular formula is C25H27N3O5. The van der Waals surface area contributed by atoms with Crippen molar-refractivity contribution in [2.45, 2.75) is 38.6 Å². The Labute approximate surface area is 192 Å². The number of rotatable bonds is 6. The fraction of sp³-hybridized carbons (Fsp3) is 0.400. The van der Waals surface area contributed by atoms with Crippen LogP contribution in [0.4, 0.5) is 0 Å². The molecule has 2 aromatic rings. The molecule has 5 rings (SSSR count). The van der Waals surface area contributed by atoms with E-state index in [4.69, 9.17) is 9.47 Å². The van der Waals surface area contributed by atoms with Crippen molar-refractivity contribution in [1.82, 2.24) is 15.1 Å². The molecule has 0 spiro atoms. The number of nitrogens with zero attached hydrogens (tertiary/aromatic N) is 2. The van der Waals surface area contributed by atoms with Gasteiger partial charge >= 0.3 is 0 Å². The predicted octanol–water partition coefficient (Wildman–Crippen LogP) is 1.86. The molecule has 1 unspecified atom stereocenters. The number of imide groups is 1. The van der Waals surface area contributed by atoms with E-state index in [1.54, 1.807) is 11.0 Å². The highest BCUT2D eigenvalue weighted by Gasteiger charge is 2.40. The summed E-state index contributed by atoms with van der Waals surface area (Å²) >= 11 is 0. The minimum absolute atomic E-state index is 0.226. The van der Waals surface area contributed by atoms with E-state index in [9.17, 15) is 14.4 Å². The second-order valence-electron chi connectivity index (χ2n) is 8.68. The maximum Gasteiger partial charge on any atom is 0.258 e. The number of benzene rings is 2. The van der Waals surface area contributed by atoms with E-state index in [1.807, 2.05) is 12.1 Å².